The fraction of sp³-hybridized carbons (Fsp3) is 0.500. The normalized spacial score (nSPS) is 18.4. The third-order valence-electron chi connectivity index (χ3n) is 3.86. The van der Waals surface area contributed by atoms with Crippen molar-refractivity contribution in [3.63, 3.8) is 0 Å². The second kappa shape index (κ2) is 7.15. The molecule has 6 heteroatoms. The van der Waals surface area contributed by atoms with Crippen LogP contribution in [0.25, 0.3) is 11.4 Å². The van der Waals surface area contributed by atoms with Gasteiger partial charge in [0.05, 0.1) is 13.2 Å². The van der Waals surface area contributed by atoms with Gasteiger partial charge in [-0.1, -0.05) is 11.8 Å². The van der Waals surface area contributed by atoms with Gasteiger partial charge in [-0.2, -0.15) is 0 Å². The van der Waals surface area contributed by atoms with Gasteiger partial charge in [-0.25, -0.2) is 0 Å². The Morgan fingerprint density at radius 3 is 2.77 bits per heavy atom. The molecule has 1 aliphatic rings. The Morgan fingerprint density at radius 1 is 1.27 bits per heavy atom. The van der Waals surface area contributed by atoms with E-state index in [-0.39, 0.29) is 0 Å². The van der Waals surface area contributed by atoms with Crippen molar-refractivity contribution in [3.05, 3.63) is 24.3 Å². The number of hydrogen-bond acceptors (Lipinski definition) is 5. The van der Waals surface area contributed by atoms with Crippen molar-refractivity contribution in [2.45, 2.75) is 30.5 Å². The van der Waals surface area contributed by atoms with Crippen LogP contribution in [0.1, 0.15) is 19.3 Å². The Morgan fingerprint density at radius 2 is 2.09 bits per heavy atom. The van der Waals surface area contributed by atoms with E-state index in [0.29, 0.717) is 6.10 Å². The Kier molecular flexibility index (Phi) is 5.00. The zero-order chi connectivity index (χ0) is 15.4. The van der Waals surface area contributed by atoms with Crippen molar-refractivity contribution in [2.75, 3.05) is 19.5 Å². The Balaban J connectivity index is 1.68. The Bertz CT molecular complexity index is 606. The molecule has 118 valence electrons. The predicted octanol–water partition coefficient (Wildman–Crippen LogP) is 3.15. The van der Waals surface area contributed by atoms with Gasteiger partial charge in [0.15, 0.2) is 11.0 Å². The number of nitrogens with zero attached hydrogens (tertiary/aromatic N) is 3. The summed E-state index contributed by atoms with van der Waals surface area (Å²) in [7, 11) is 3.67. The average Bonchev–Trinajstić information content (AvgIpc) is 2.95. The van der Waals surface area contributed by atoms with Crippen LogP contribution in [0.4, 0.5) is 0 Å². The molecule has 1 aromatic heterocycles. The van der Waals surface area contributed by atoms with E-state index in [1.807, 2.05) is 35.9 Å². The molecule has 0 unspecified atom stereocenters. The van der Waals surface area contributed by atoms with Gasteiger partial charge in [0.25, 0.3) is 0 Å². The highest BCUT2D eigenvalue weighted by Crippen LogP contribution is 2.26. The lowest BCUT2D eigenvalue weighted by atomic mass is 10.1. The van der Waals surface area contributed by atoms with Crippen LogP contribution in [0.2, 0.25) is 0 Å². The van der Waals surface area contributed by atoms with Crippen molar-refractivity contribution in [2.24, 2.45) is 7.05 Å². The van der Waals surface area contributed by atoms with Gasteiger partial charge < -0.3 is 14.0 Å². The number of aromatic nitrogens is 3. The summed E-state index contributed by atoms with van der Waals surface area (Å²) >= 11 is 1.72. The van der Waals surface area contributed by atoms with Crippen LogP contribution < -0.4 is 4.74 Å². The molecule has 2 heterocycles. The molecule has 3 rings (SSSR count). The summed E-state index contributed by atoms with van der Waals surface area (Å²) in [6.45, 7) is 0.890. The minimum Gasteiger partial charge on any atom is -0.497 e. The molecule has 0 N–H and O–H groups in total. The summed E-state index contributed by atoms with van der Waals surface area (Å²) in [4.78, 5) is 0. The van der Waals surface area contributed by atoms with Crippen molar-refractivity contribution in [1.29, 1.82) is 0 Å². The first-order valence-corrected chi connectivity index (χ1v) is 8.54. The molecule has 0 amide bonds. The van der Waals surface area contributed by atoms with Crippen molar-refractivity contribution < 1.29 is 9.47 Å². The number of thioether (sulfide) groups is 1. The molecule has 0 spiro atoms. The summed E-state index contributed by atoms with van der Waals surface area (Å²) < 4.78 is 13.0. The SMILES string of the molecule is COc1ccc(-c2nnc(SC[C@@H]3CCCCO3)n2C)cc1. The molecule has 5 nitrogen and oxygen atoms in total. The monoisotopic (exact) mass is 319 g/mol. The number of hydrogen-bond donors (Lipinski definition) is 0. The number of ether oxygens (including phenoxy) is 2. The van der Waals surface area contributed by atoms with Gasteiger partial charge in [-0.3, -0.25) is 0 Å². The summed E-state index contributed by atoms with van der Waals surface area (Å²) in [5.74, 6) is 2.65. The molecule has 1 fully saturated rings. The molecule has 0 aliphatic carbocycles. The minimum absolute atomic E-state index is 0.347. The highest BCUT2D eigenvalue weighted by atomic mass is 32.2. The molecule has 0 radical (unpaired) electrons. The van der Waals surface area contributed by atoms with Crippen LogP contribution in [-0.2, 0) is 11.8 Å². The minimum atomic E-state index is 0.347. The third-order valence-corrected chi connectivity index (χ3v) is 5.01. The van der Waals surface area contributed by atoms with Gasteiger partial charge in [0.2, 0.25) is 0 Å². The van der Waals surface area contributed by atoms with E-state index in [4.69, 9.17) is 9.47 Å². The van der Waals surface area contributed by atoms with Gasteiger partial charge in [-0.05, 0) is 43.5 Å². The van der Waals surface area contributed by atoms with E-state index in [1.165, 1.54) is 12.8 Å². The largest absolute Gasteiger partial charge is 0.497 e. The van der Waals surface area contributed by atoms with E-state index in [0.717, 1.165) is 41.1 Å². The Hall–Kier alpha value is -1.53. The summed E-state index contributed by atoms with van der Waals surface area (Å²) in [5, 5.41) is 9.55. The van der Waals surface area contributed by atoms with Crippen molar-refractivity contribution >= 4 is 11.8 Å². The number of methoxy groups -OCH3 is 1. The first-order chi connectivity index (χ1) is 10.8. The van der Waals surface area contributed by atoms with Crippen LogP contribution in [-0.4, -0.2) is 40.3 Å². The van der Waals surface area contributed by atoms with E-state index < -0.39 is 0 Å². The van der Waals surface area contributed by atoms with Crippen LogP contribution >= 0.6 is 11.8 Å². The first-order valence-electron chi connectivity index (χ1n) is 7.56. The van der Waals surface area contributed by atoms with Crippen LogP contribution in [0, 0.1) is 0 Å². The van der Waals surface area contributed by atoms with Crippen LogP contribution in [0.5, 0.6) is 5.75 Å². The topological polar surface area (TPSA) is 49.2 Å². The molecule has 2 aromatic rings. The zero-order valence-corrected chi connectivity index (χ0v) is 13.8. The molecule has 1 atom stereocenters. The second-order valence-electron chi connectivity index (χ2n) is 5.39. The van der Waals surface area contributed by atoms with Crippen molar-refractivity contribution in [1.82, 2.24) is 14.8 Å². The molecule has 1 aromatic carbocycles. The van der Waals surface area contributed by atoms with Gasteiger partial charge in [0.1, 0.15) is 5.75 Å². The lowest BCUT2D eigenvalue weighted by molar-refractivity contribution is 0.0315. The van der Waals surface area contributed by atoms with Gasteiger partial charge in [-0.15, -0.1) is 10.2 Å². The average molecular weight is 319 g/mol. The molecule has 0 saturated carbocycles. The molecule has 0 bridgehead atoms. The van der Waals surface area contributed by atoms with Crippen molar-refractivity contribution in [3.8, 4) is 17.1 Å². The molecule has 22 heavy (non-hydrogen) atoms. The lowest BCUT2D eigenvalue weighted by Gasteiger charge is -2.21. The van der Waals surface area contributed by atoms with E-state index in [2.05, 4.69) is 10.2 Å². The van der Waals surface area contributed by atoms with E-state index >= 15 is 0 Å². The number of benzene rings is 1. The first kappa shape index (κ1) is 15.4. The summed E-state index contributed by atoms with van der Waals surface area (Å²) in [6.07, 6.45) is 3.95. The zero-order valence-electron chi connectivity index (χ0n) is 13.0. The lowest BCUT2D eigenvalue weighted by Crippen LogP contribution is -2.21. The maximum absolute atomic E-state index is 5.76. The fourth-order valence-electron chi connectivity index (χ4n) is 2.54. The molecule has 1 saturated heterocycles. The summed E-state index contributed by atoms with van der Waals surface area (Å²) in [6, 6.07) is 7.88. The molecule has 1 aliphatic heterocycles. The quantitative estimate of drug-likeness (QED) is 0.792. The van der Waals surface area contributed by atoms with E-state index in [9.17, 15) is 0 Å². The van der Waals surface area contributed by atoms with Gasteiger partial charge in [0, 0.05) is 25.0 Å². The molecular weight excluding hydrogens is 298 g/mol. The predicted molar refractivity (Wildman–Crippen MR) is 87.3 cm³/mol. The van der Waals surface area contributed by atoms with Gasteiger partial charge >= 0.3 is 0 Å². The summed E-state index contributed by atoms with van der Waals surface area (Å²) in [5.41, 5.74) is 1.04. The second-order valence-corrected chi connectivity index (χ2v) is 6.38. The molecular formula is C16H21N3O2S. The Labute approximate surface area is 135 Å². The maximum Gasteiger partial charge on any atom is 0.191 e. The standard InChI is InChI=1S/C16H21N3O2S/c1-19-15(12-6-8-13(20-2)9-7-12)17-18-16(19)22-11-14-5-3-4-10-21-14/h6-9,14H,3-5,10-11H2,1-2H3/t14-/m0/s1. The van der Waals surface area contributed by atoms with E-state index in [1.54, 1.807) is 18.9 Å². The smallest absolute Gasteiger partial charge is 0.191 e. The highest BCUT2D eigenvalue weighted by Gasteiger charge is 2.17. The van der Waals surface area contributed by atoms with Crippen LogP contribution in [0.3, 0.4) is 0 Å². The van der Waals surface area contributed by atoms with Crippen LogP contribution in [0.15, 0.2) is 29.4 Å². The maximum atomic E-state index is 5.76. The number of rotatable bonds is 5. The highest BCUT2D eigenvalue weighted by molar-refractivity contribution is 7.99. The fourth-order valence-corrected chi connectivity index (χ4v) is 3.51. The third kappa shape index (κ3) is 3.44.